The molecular weight excluding hydrogens is 1910 g/mol. The highest BCUT2D eigenvalue weighted by molar-refractivity contribution is 7.99. The maximum absolute atomic E-state index is 13.8. The molecule has 12 aliphatic rings. The average molecular weight is 2060 g/mol. The highest BCUT2D eigenvalue weighted by Crippen LogP contribution is 2.54. The van der Waals surface area contributed by atoms with Gasteiger partial charge in [-0.05, 0) is 326 Å². The first-order valence-corrected chi connectivity index (χ1v) is 56.8. The molecule has 768 valence electrons. The molecule has 18 rings (SSSR count). The van der Waals surface area contributed by atoms with Gasteiger partial charge in [0.1, 0.15) is 34.1 Å². The van der Waals surface area contributed by atoms with Gasteiger partial charge in [0.05, 0.1) is 121 Å². The summed E-state index contributed by atoms with van der Waals surface area (Å²) >= 11 is 19.3. The second-order valence-corrected chi connectivity index (χ2v) is 50.7. The van der Waals surface area contributed by atoms with Crippen LogP contribution in [-0.4, -0.2) is 234 Å². The van der Waals surface area contributed by atoms with E-state index in [0.717, 1.165) is 128 Å². The number of amides is 3. The van der Waals surface area contributed by atoms with Crippen molar-refractivity contribution in [3.8, 4) is 17.2 Å². The zero-order valence-corrected chi connectivity index (χ0v) is 87.9. The molecule has 20 atom stereocenters. The standard InChI is InChI=1S/2C37H49ClN2O6S.C36H47ClN2O7S/c2*1-25-7-5-16-37(42,24-45-18-17-44-3)32-12-9-29(32)21-40-22-36(15-6-8-27-19-30(38)11-13-31(27)36)23-46-34-14-10-28(20-33(34)40)35(41)39-47(4,43)26(25)2;1-24-6-4-15-36(41,23-45-17-16-44-3)31-11-8-28(31)20-39-21-35(14-5-7-26-18-29(37)10-12-30(26)35)22-46-33-13-9-27(19-32(33)39)34(40)38-47(42,43)25(24)2/h2*5,10-11,13-14,16,19-20,25-26,29,32,42H,4,6-9,12,15,17-18,21-24H2,1-3H3,(H,39,41,43);4,9-10,12-13,15,18-19,24-25,28,31,41H,5-8,11,14,16-17,20-23H2,1-3H3,(H,38,40)/b2*16-5+;15-4+/t2*25-,26+,29-,32+,36-,37-,47?;24-,25+,28-,31+,35-,36+/m000/s1. The Morgan fingerprint density at radius 2 is 0.702 bits per heavy atom. The summed E-state index contributed by atoms with van der Waals surface area (Å²) in [5, 5.41) is 37.3. The van der Waals surface area contributed by atoms with Gasteiger partial charge in [-0.15, -0.1) is 0 Å². The first kappa shape index (κ1) is 106. The number of fused-ring (bicyclic) bond motifs is 12. The quantitative estimate of drug-likeness (QED) is 0.0316. The van der Waals surface area contributed by atoms with Gasteiger partial charge in [0.15, 0.2) is 0 Å². The minimum atomic E-state index is -3.98. The number of ether oxygens (including phenoxy) is 9. The topological polar surface area (TPSA) is 309 Å². The number of nitrogens with zero attached hydrogens (tertiary/aromatic N) is 3. The van der Waals surface area contributed by atoms with Crippen LogP contribution in [-0.2, 0) is 93.4 Å². The summed E-state index contributed by atoms with van der Waals surface area (Å²) in [4.78, 5) is 47.8. The Kier molecular flexibility index (Phi) is 33.5. The van der Waals surface area contributed by atoms with Gasteiger partial charge in [0.25, 0.3) is 17.7 Å². The summed E-state index contributed by atoms with van der Waals surface area (Å²) in [7, 11) is -5.06. The molecule has 3 spiro atoms. The molecule has 31 heteroatoms. The second kappa shape index (κ2) is 44.5. The van der Waals surface area contributed by atoms with Crippen molar-refractivity contribution in [2.75, 3.05) is 155 Å². The van der Waals surface area contributed by atoms with Crippen LogP contribution in [0.4, 0.5) is 17.1 Å². The Bertz CT molecular complexity index is 5410. The SMILES string of the molecule is C=S1(=O)NC(=O)c2ccc3c(c2)N(C[C@@H]2CC[C@H]2[C@@](O)(COCCOC)/C=C/C[C@H](C)[C@H]1C)C[C@@]1(CCCc2cc(Cl)ccc21)CO3.C=S1(=O)NC(=O)c2ccc3c(c2)N(C[C@@H]2CC[C@H]2[C@@](O)(COCCOC)/C=C/C[C@H](C)[C@H]1C)C[C@@]1(CCCc2cc(Cl)ccc21)CO3.COCCOC[C@]1(O)/C=C/C[C@H](C)[C@@H](C)S(=O)(=O)NC(=O)c2ccc3c(c2)N(C[C@@H]2CC[C@H]21)C[C@@]1(CCCc2cc(Cl)ccc21)CO3. The zero-order valence-electron chi connectivity index (χ0n) is 83.2. The van der Waals surface area contributed by atoms with Gasteiger partial charge >= 0.3 is 0 Å². The smallest absolute Gasteiger partial charge is 0.264 e. The minimum Gasteiger partial charge on any atom is -0.490 e. The lowest BCUT2D eigenvalue weighted by atomic mass is 9.64. The molecule has 2 unspecified atom stereocenters. The van der Waals surface area contributed by atoms with Crippen molar-refractivity contribution in [1.82, 2.24) is 14.2 Å². The molecule has 3 amide bonds. The van der Waals surface area contributed by atoms with Crippen LogP contribution in [0.1, 0.15) is 202 Å². The number of hydrogen-bond acceptors (Lipinski definition) is 22. The van der Waals surface area contributed by atoms with Crippen molar-refractivity contribution in [3.63, 3.8) is 0 Å². The first-order valence-electron chi connectivity index (χ1n) is 50.6. The monoisotopic (exact) mass is 2050 g/mol. The molecule has 6 aliphatic heterocycles. The molecule has 0 radical (unpaired) electrons. The number of carbonyl (C=O) groups is 3. The van der Waals surface area contributed by atoms with Crippen LogP contribution < -0.4 is 43.1 Å². The summed E-state index contributed by atoms with van der Waals surface area (Å²) in [5.41, 5.74) is 6.60. The molecule has 6 aromatic carbocycles. The third kappa shape index (κ3) is 23.3. The lowest BCUT2D eigenvalue weighted by Gasteiger charge is -2.49. The maximum Gasteiger partial charge on any atom is 0.264 e. The third-order valence-electron chi connectivity index (χ3n) is 33.3. The molecular formula is C110H145Cl3N6O19S3. The fourth-order valence-corrected chi connectivity index (χ4v) is 28.7. The Morgan fingerprint density at radius 1 is 0.404 bits per heavy atom. The van der Waals surface area contributed by atoms with Gasteiger partial charge < -0.3 is 72.7 Å². The Balaban J connectivity index is 0.000000152. The van der Waals surface area contributed by atoms with Crippen LogP contribution in [0, 0.1) is 53.3 Å². The Hall–Kier alpha value is -7.75. The van der Waals surface area contributed by atoms with E-state index in [4.69, 9.17) is 77.4 Å². The molecule has 0 aromatic heterocycles. The van der Waals surface area contributed by atoms with Crippen LogP contribution in [0.25, 0.3) is 0 Å². The predicted octanol–water partition coefficient (Wildman–Crippen LogP) is 16.4. The minimum absolute atomic E-state index is 0.0218. The van der Waals surface area contributed by atoms with Crippen molar-refractivity contribution in [2.24, 2.45) is 53.3 Å². The van der Waals surface area contributed by atoms with Crippen molar-refractivity contribution < 1.29 is 89.2 Å². The molecule has 25 nitrogen and oxygen atoms in total. The number of sulfonamides is 1. The maximum atomic E-state index is 13.8. The van der Waals surface area contributed by atoms with Crippen LogP contribution in [0.15, 0.2) is 146 Å². The number of aryl methyl sites for hydroxylation is 3. The van der Waals surface area contributed by atoms with Crippen molar-refractivity contribution in [1.29, 1.82) is 0 Å². The van der Waals surface area contributed by atoms with E-state index in [1.165, 1.54) is 33.4 Å². The number of aliphatic hydroxyl groups is 3. The highest BCUT2D eigenvalue weighted by Gasteiger charge is 2.54. The van der Waals surface area contributed by atoms with E-state index in [9.17, 15) is 46.5 Å². The third-order valence-corrected chi connectivity index (χ3v) is 40.4. The van der Waals surface area contributed by atoms with Crippen LogP contribution in [0.5, 0.6) is 17.2 Å². The lowest BCUT2D eigenvalue weighted by Crippen LogP contribution is -2.54. The Labute approximate surface area is 849 Å². The van der Waals surface area contributed by atoms with Crippen molar-refractivity contribution >= 4 is 111 Å². The molecule has 6 aromatic rings. The van der Waals surface area contributed by atoms with Gasteiger partial charge in [0, 0.05) is 119 Å². The number of rotatable bonds is 15. The second-order valence-electron chi connectivity index (χ2n) is 42.6. The number of halogens is 3. The number of benzene rings is 6. The molecule has 3 fully saturated rings. The summed E-state index contributed by atoms with van der Waals surface area (Å²) in [6.07, 6.45) is 27.3. The van der Waals surface area contributed by atoms with E-state index in [1.54, 1.807) is 58.6 Å². The number of hydrogen-bond donors (Lipinski definition) is 6. The number of anilines is 3. The van der Waals surface area contributed by atoms with Crippen LogP contribution in [0.2, 0.25) is 15.1 Å². The number of nitrogens with one attached hydrogen (secondary N) is 3. The van der Waals surface area contributed by atoms with Gasteiger partial charge in [-0.3, -0.25) is 23.8 Å². The number of allylic oxidation sites excluding steroid dienone is 3. The molecule has 141 heavy (non-hydrogen) atoms. The van der Waals surface area contributed by atoms with Gasteiger partial charge in [-0.2, -0.15) is 0 Å². The van der Waals surface area contributed by atoms with E-state index in [-0.39, 0.29) is 94.9 Å². The van der Waals surface area contributed by atoms with E-state index >= 15 is 0 Å². The Morgan fingerprint density at radius 3 is 0.993 bits per heavy atom. The average Bonchev–Trinajstić information content (AvgIpc) is 1.72. The van der Waals surface area contributed by atoms with Crippen molar-refractivity contribution in [3.05, 3.63) is 211 Å². The lowest BCUT2D eigenvalue weighted by molar-refractivity contribution is -0.0995. The van der Waals surface area contributed by atoms with Gasteiger partial charge in [-0.1, -0.05) is 110 Å². The molecule has 6 bridgehead atoms. The summed E-state index contributed by atoms with van der Waals surface area (Å²) in [6, 6.07) is 34.7. The van der Waals surface area contributed by atoms with E-state index in [2.05, 4.69) is 77.0 Å². The van der Waals surface area contributed by atoms with Gasteiger partial charge in [-0.25, -0.2) is 21.6 Å². The highest BCUT2D eigenvalue weighted by atomic mass is 35.5. The molecule has 3 saturated carbocycles. The number of carbonyl (C=O) groups excluding carboxylic acids is 3. The number of methoxy groups -OCH3 is 3. The summed E-state index contributed by atoms with van der Waals surface area (Å²) < 4.78 is 115. The molecule has 6 N–H and O–H groups in total. The normalized spacial score (nSPS) is 34.0. The first-order chi connectivity index (χ1) is 67.3. The molecule has 6 aliphatic carbocycles. The molecule has 6 heterocycles. The predicted molar refractivity (Wildman–Crippen MR) is 561 cm³/mol. The molecule has 0 saturated heterocycles. The van der Waals surface area contributed by atoms with Crippen LogP contribution in [0.3, 0.4) is 0 Å². The summed E-state index contributed by atoms with van der Waals surface area (Å²) in [6.45, 7) is 19.6. The van der Waals surface area contributed by atoms with E-state index < -0.39 is 79.7 Å². The van der Waals surface area contributed by atoms with Crippen LogP contribution >= 0.6 is 34.8 Å². The fraction of sp³-hybridized carbons (Fsp3) is 0.573. The fourth-order valence-electron chi connectivity index (χ4n) is 23.9. The summed E-state index contributed by atoms with van der Waals surface area (Å²) in [5.74, 6) is 8.56. The zero-order chi connectivity index (χ0) is 100. The van der Waals surface area contributed by atoms with Gasteiger partial charge in [0.2, 0.25) is 10.0 Å². The van der Waals surface area contributed by atoms with E-state index in [0.29, 0.717) is 146 Å². The van der Waals surface area contributed by atoms with Crippen molar-refractivity contribution in [2.45, 2.75) is 206 Å². The van der Waals surface area contributed by atoms with E-state index in [1.807, 2.05) is 114 Å². The largest absolute Gasteiger partial charge is 0.490 e.